The largest absolute Gasteiger partial charge is 0.473 e. The molecular weight excluding hydrogens is 310 g/mol. The molecule has 0 N–H and O–H groups in total. The lowest BCUT2D eigenvalue weighted by atomic mass is 10.1. The number of rotatable bonds is 9. The Balaban J connectivity index is 1.95. The Hall–Kier alpha value is -1.91. The van der Waals surface area contributed by atoms with Crippen LogP contribution in [-0.4, -0.2) is 34.6 Å². The van der Waals surface area contributed by atoms with Crippen LogP contribution in [0.2, 0.25) is 5.15 Å². The molecule has 0 aromatic carbocycles. The predicted molar refractivity (Wildman–Crippen MR) is 93.7 cm³/mol. The summed E-state index contributed by atoms with van der Waals surface area (Å²) in [5.74, 6) is 0.557. The molecule has 1 atom stereocenters. The first-order valence-corrected chi connectivity index (χ1v) is 8.02. The molecule has 0 unspecified atom stereocenters. The van der Waals surface area contributed by atoms with Crippen LogP contribution in [0.3, 0.4) is 0 Å². The first-order valence-electron chi connectivity index (χ1n) is 7.65. The summed E-state index contributed by atoms with van der Waals surface area (Å²) >= 11 is 5.92. The van der Waals surface area contributed by atoms with Gasteiger partial charge in [-0.05, 0) is 37.6 Å². The minimum absolute atomic E-state index is 0.0284. The van der Waals surface area contributed by atoms with Gasteiger partial charge in [0.25, 0.3) is 0 Å². The second kappa shape index (κ2) is 9.28. The van der Waals surface area contributed by atoms with Crippen LogP contribution >= 0.6 is 11.6 Å². The molecule has 0 fully saturated rings. The molecule has 2 aromatic rings. The molecule has 0 saturated carbocycles. The summed E-state index contributed by atoms with van der Waals surface area (Å²) in [6.45, 7) is 5.40. The zero-order chi connectivity index (χ0) is 16.5. The number of allylic oxidation sites excluding steroid dienone is 1. The van der Waals surface area contributed by atoms with E-state index in [0.29, 0.717) is 11.0 Å². The second-order valence-corrected chi connectivity index (χ2v) is 5.85. The van der Waals surface area contributed by atoms with Gasteiger partial charge in [0.05, 0.1) is 0 Å². The fourth-order valence-corrected chi connectivity index (χ4v) is 2.49. The maximum atomic E-state index is 6.01. The van der Waals surface area contributed by atoms with E-state index < -0.39 is 0 Å². The molecule has 0 aliphatic carbocycles. The third-order valence-electron chi connectivity index (χ3n) is 3.36. The van der Waals surface area contributed by atoms with Gasteiger partial charge in [-0.2, -0.15) is 0 Å². The van der Waals surface area contributed by atoms with Crippen molar-refractivity contribution >= 4 is 11.6 Å². The van der Waals surface area contributed by atoms with Crippen molar-refractivity contribution < 1.29 is 4.74 Å². The average Bonchev–Trinajstić information content (AvgIpc) is 2.53. The Labute approximate surface area is 142 Å². The maximum Gasteiger partial charge on any atom is 0.214 e. The minimum Gasteiger partial charge on any atom is -0.473 e. The third-order valence-corrected chi connectivity index (χ3v) is 3.57. The zero-order valence-corrected chi connectivity index (χ0v) is 14.1. The van der Waals surface area contributed by atoms with E-state index in [-0.39, 0.29) is 6.10 Å². The van der Waals surface area contributed by atoms with Crippen LogP contribution in [0.1, 0.15) is 18.4 Å². The number of halogens is 1. The highest BCUT2D eigenvalue weighted by Crippen LogP contribution is 2.16. The van der Waals surface area contributed by atoms with Crippen LogP contribution in [0.4, 0.5) is 0 Å². The van der Waals surface area contributed by atoms with E-state index >= 15 is 0 Å². The highest BCUT2D eigenvalue weighted by molar-refractivity contribution is 6.29. The van der Waals surface area contributed by atoms with E-state index in [4.69, 9.17) is 16.3 Å². The number of pyridine rings is 2. The van der Waals surface area contributed by atoms with E-state index in [1.54, 1.807) is 12.3 Å². The molecule has 0 spiro atoms. The summed E-state index contributed by atoms with van der Waals surface area (Å²) < 4.78 is 6.01. The molecule has 0 radical (unpaired) electrons. The van der Waals surface area contributed by atoms with Crippen molar-refractivity contribution in [3.8, 4) is 5.88 Å². The van der Waals surface area contributed by atoms with Gasteiger partial charge in [-0.15, -0.1) is 6.58 Å². The number of likely N-dealkylation sites (N-methyl/N-ethyl adjacent to an activating group) is 1. The zero-order valence-electron chi connectivity index (χ0n) is 13.4. The van der Waals surface area contributed by atoms with Crippen LogP contribution < -0.4 is 4.74 Å². The molecule has 2 rings (SSSR count). The number of hydrogen-bond acceptors (Lipinski definition) is 4. The Bertz CT molecular complexity index is 606. The van der Waals surface area contributed by atoms with Crippen molar-refractivity contribution in [2.75, 3.05) is 13.6 Å². The molecule has 5 heteroatoms. The second-order valence-electron chi connectivity index (χ2n) is 5.46. The lowest BCUT2D eigenvalue weighted by molar-refractivity contribution is 0.132. The van der Waals surface area contributed by atoms with Gasteiger partial charge in [0.15, 0.2) is 0 Å². The fraction of sp³-hybridized carbons (Fsp3) is 0.333. The number of aromatic nitrogens is 2. The molecule has 2 heterocycles. The van der Waals surface area contributed by atoms with Crippen molar-refractivity contribution in [2.45, 2.75) is 25.5 Å². The minimum atomic E-state index is 0.0284. The van der Waals surface area contributed by atoms with E-state index in [0.717, 1.165) is 25.9 Å². The van der Waals surface area contributed by atoms with Crippen molar-refractivity contribution in [1.82, 2.24) is 14.9 Å². The summed E-state index contributed by atoms with van der Waals surface area (Å²) in [6.07, 6.45) is 7.38. The first-order chi connectivity index (χ1) is 11.2. The maximum absolute atomic E-state index is 6.01. The third kappa shape index (κ3) is 6.38. The van der Waals surface area contributed by atoms with Gasteiger partial charge in [0.2, 0.25) is 5.88 Å². The lowest BCUT2D eigenvalue weighted by Crippen LogP contribution is -2.33. The average molecular weight is 332 g/mol. The molecule has 0 saturated heterocycles. The summed E-state index contributed by atoms with van der Waals surface area (Å²) in [6, 6.07) is 9.43. The van der Waals surface area contributed by atoms with Crippen molar-refractivity contribution in [3.05, 3.63) is 66.1 Å². The smallest absolute Gasteiger partial charge is 0.214 e. The van der Waals surface area contributed by atoms with E-state index in [1.807, 2.05) is 30.5 Å². The van der Waals surface area contributed by atoms with Gasteiger partial charge >= 0.3 is 0 Å². The number of ether oxygens (including phenoxy) is 1. The number of hydrogen-bond donors (Lipinski definition) is 0. The molecule has 122 valence electrons. The summed E-state index contributed by atoms with van der Waals surface area (Å²) in [7, 11) is 2.07. The summed E-state index contributed by atoms with van der Waals surface area (Å²) in [5.41, 5.74) is 1.18. The van der Waals surface area contributed by atoms with E-state index in [1.165, 1.54) is 5.56 Å². The standard InChI is InChI=1S/C18H22ClN3O/c1-3-4-8-16(23-18-10-5-9-17(19)21-18)14-22(2)13-15-7-6-11-20-12-15/h3,5-7,9-12,16H,1,4,8,13-14H2,2H3/t16-/m1/s1. The first kappa shape index (κ1) is 17.4. The molecule has 23 heavy (non-hydrogen) atoms. The number of nitrogens with zero attached hydrogens (tertiary/aromatic N) is 3. The Morgan fingerprint density at radius 2 is 2.22 bits per heavy atom. The van der Waals surface area contributed by atoms with Gasteiger partial charge in [0, 0.05) is 31.5 Å². The summed E-state index contributed by atoms with van der Waals surface area (Å²) in [5, 5.41) is 0.439. The topological polar surface area (TPSA) is 38.2 Å². The van der Waals surface area contributed by atoms with E-state index in [9.17, 15) is 0 Å². The van der Waals surface area contributed by atoms with Crippen molar-refractivity contribution in [3.63, 3.8) is 0 Å². The van der Waals surface area contributed by atoms with Crippen molar-refractivity contribution in [2.24, 2.45) is 0 Å². The Morgan fingerprint density at radius 1 is 1.35 bits per heavy atom. The molecular formula is C18H22ClN3O. The van der Waals surface area contributed by atoms with Gasteiger partial charge in [0.1, 0.15) is 11.3 Å². The fourth-order valence-electron chi connectivity index (χ4n) is 2.33. The van der Waals surface area contributed by atoms with E-state index in [2.05, 4.69) is 34.6 Å². The Morgan fingerprint density at radius 3 is 2.91 bits per heavy atom. The van der Waals surface area contributed by atoms with Crippen LogP contribution in [-0.2, 0) is 6.54 Å². The van der Waals surface area contributed by atoms with Crippen LogP contribution in [0.25, 0.3) is 0 Å². The molecule has 4 nitrogen and oxygen atoms in total. The normalized spacial score (nSPS) is 12.1. The Kier molecular flexibility index (Phi) is 7.04. The molecule has 0 amide bonds. The lowest BCUT2D eigenvalue weighted by Gasteiger charge is -2.24. The quantitative estimate of drug-likeness (QED) is 0.514. The summed E-state index contributed by atoms with van der Waals surface area (Å²) in [4.78, 5) is 10.6. The predicted octanol–water partition coefficient (Wildman–Crippen LogP) is 3.98. The molecule has 0 aliphatic rings. The van der Waals surface area contributed by atoms with Gasteiger partial charge in [-0.3, -0.25) is 9.88 Å². The van der Waals surface area contributed by atoms with Crippen LogP contribution in [0, 0.1) is 0 Å². The molecule has 0 aliphatic heterocycles. The highest BCUT2D eigenvalue weighted by Gasteiger charge is 2.14. The van der Waals surface area contributed by atoms with Gasteiger partial charge in [-0.1, -0.05) is 29.8 Å². The SMILES string of the molecule is C=CCC[C@H](CN(C)Cc1cccnc1)Oc1cccc(Cl)n1. The van der Waals surface area contributed by atoms with Crippen LogP contribution in [0.15, 0.2) is 55.4 Å². The van der Waals surface area contributed by atoms with Crippen molar-refractivity contribution in [1.29, 1.82) is 0 Å². The van der Waals surface area contributed by atoms with Gasteiger partial charge < -0.3 is 4.74 Å². The highest BCUT2D eigenvalue weighted by atomic mass is 35.5. The van der Waals surface area contributed by atoms with Crippen LogP contribution in [0.5, 0.6) is 5.88 Å². The monoisotopic (exact) mass is 331 g/mol. The van der Waals surface area contributed by atoms with Gasteiger partial charge in [-0.25, -0.2) is 4.98 Å². The molecule has 2 aromatic heterocycles. The molecule has 0 bridgehead atoms.